The summed E-state index contributed by atoms with van der Waals surface area (Å²) in [4.78, 5) is 11.2. The Kier molecular flexibility index (Phi) is 4.34. The number of carbonyl (C=O) groups excluding carboxylic acids is 1. The minimum atomic E-state index is -0.0489. The van der Waals surface area contributed by atoms with Crippen molar-refractivity contribution in [3.05, 3.63) is 0 Å². The first kappa shape index (κ1) is 13.9. The maximum atomic E-state index is 11.2. The normalized spacial score (nSPS) is 34.1. The molecule has 104 valence electrons. The summed E-state index contributed by atoms with van der Waals surface area (Å²) < 4.78 is 5.35. The van der Waals surface area contributed by atoms with Crippen LogP contribution in [-0.2, 0) is 9.53 Å². The zero-order valence-corrected chi connectivity index (χ0v) is 12.2. The van der Waals surface area contributed by atoms with Gasteiger partial charge in [-0.2, -0.15) is 0 Å². The van der Waals surface area contributed by atoms with E-state index in [2.05, 4.69) is 13.8 Å². The van der Waals surface area contributed by atoms with Gasteiger partial charge in [0.2, 0.25) is 0 Å². The average Bonchev–Trinajstić information content (AvgIpc) is 3.09. The molecule has 2 fully saturated rings. The molecule has 2 rings (SSSR count). The second kappa shape index (κ2) is 5.63. The van der Waals surface area contributed by atoms with Gasteiger partial charge in [-0.25, -0.2) is 0 Å². The van der Waals surface area contributed by atoms with Crippen molar-refractivity contribution >= 4 is 5.97 Å². The largest absolute Gasteiger partial charge is 0.465 e. The molecule has 0 bridgehead atoms. The van der Waals surface area contributed by atoms with Gasteiger partial charge in [0.1, 0.15) is 0 Å². The Morgan fingerprint density at radius 1 is 1.33 bits per heavy atom. The van der Waals surface area contributed by atoms with Crippen molar-refractivity contribution in [1.29, 1.82) is 0 Å². The number of carbonyl (C=O) groups is 1. The molecule has 2 nitrogen and oxygen atoms in total. The van der Waals surface area contributed by atoms with Crippen LogP contribution in [0.3, 0.4) is 0 Å². The van der Waals surface area contributed by atoms with Gasteiger partial charge in [0.05, 0.1) is 6.61 Å². The number of hydrogen-bond acceptors (Lipinski definition) is 2. The Morgan fingerprint density at radius 3 is 2.61 bits per heavy atom. The standard InChI is InChI=1S/C16H28O2/c1-4-15(17)18-11-16(3)10-14(16)12(2)13-8-6-5-7-9-13/h12-14H,4-11H2,1-3H3/t12-,14+,16+/m1/s1. The predicted molar refractivity (Wildman–Crippen MR) is 73.2 cm³/mol. The summed E-state index contributed by atoms with van der Waals surface area (Å²) in [5.74, 6) is 2.47. The van der Waals surface area contributed by atoms with Gasteiger partial charge < -0.3 is 4.74 Å². The summed E-state index contributed by atoms with van der Waals surface area (Å²) in [6.07, 6.45) is 8.86. The lowest BCUT2D eigenvalue weighted by molar-refractivity contribution is -0.145. The van der Waals surface area contributed by atoms with E-state index in [9.17, 15) is 4.79 Å². The molecule has 0 unspecified atom stereocenters. The Labute approximate surface area is 111 Å². The van der Waals surface area contributed by atoms with Crippen LogP contribution in [0.5, 0.6) is 0 Å². The summed E-state index contributed by atoms with van der Waals surface area (Å²) in [6, 6.07) is 0. The molecule has 3 atom stereocenters. The molecule has 18 heavy (non-hydrogen) atoms. The number of rotatable bonds is 5. The molecule has 0 aromatic heterocycles. The van der Waals surface area contributed by atoms with Crippen molar-refractivity contribution in [2.75, 3.05) is 6.61 Å². The molecular formula is C16H28O2. The maximum absolute atomic E-state index is 11.2. The van der Waals surface area contributed by atoms with Crippen LogP contribution in [-0.4, -0.2) is 12.6 Å². The van der Waals surface area contributed by atoms with E-state index in [1.54, 1.807) is 0 Å². The fraction of sp³-hybridized carbons (Fsp3) is 0.938. The summed E-state index contributed by atoms with van der Waals surface area (Å²) in [7, 11) is 0. The monoisotopic (exact) mass is 252 g/mol. The Morgan fingerprint density at radius 2 is 2.00 bits per heavy atom. The highest BCUT2D eigenvalue weighted by atomic mass is 16.5. The molecular weight excluding hydrogens is 224 g/mol. The highest BCUT2D eigenvalue weighted by Gasteiger charge is 2.54. The van der Waals surface area contributed by atoms with E-state index in [-0.39, 0.29) is 11.4 Å². The first-order valence-corrected chi connectivity index (χ1v) is 7.72. The highest BCUT2D eigenvalue weighted by Crippen LogP contribution is 2.59. The first-order chi connectivity index (χ1) is 8.57. The van der Waals surface area contributed by atoms with E-state index >= 15 is 0 Å². The van der Waals surface area contributed by atoms with Crippen LogP contribution in [0.25, 0.3) is 0 Å². The van der Waals surface area contributed by atoms with E-state index in [1.807, 2.05) is 6.92 Å². The topological polar surface area (TPSA) is 26.3 Å². The molecule has 0 radical (unpaired) electrons. The fourth-order valence-electron chi connectivity index (χ4n) is 3.77. The van der Waals surface area contributed by atoms with E-state index < -0.39 is 0 Å². The second-order valence-corrected chi connectivity index (χ2v) is 6.74. The van der Waals surface area contributed by atoms with E-state index in [0.29, 0.717) is 13.0 Å². The third-order valence-corrected chi connectivity index (χ3v) is 5.30. The van der Waals surface area contributed by atoms with Crippen molar-refractivity contribution < 1.29 is 9.53 Å². The summed E-state index contributed by atoms with van der Waals surface area (Å²) in [5, 5.41) is 0. The molecule has 0 aromatic rings. The maximum Gasteiger partial charge on any atom is 0.305 e. The molecule has 2 aliphatic rings. The third-order valence-electron chi connectivity index (χ3n) is 5.30. The zero-order valence-electron chi connectivity index (χ0n) is 12.2. The third kappa shape index (κ3) is 3.07. The molecule has 0 spiro atoms. The van der Waals surface area contributed by atoms with Gasteiger partial charge in [-0.3, -0.25) is 4.79 Å². The predicted octanol–water partition coefficient (Wildman–Crippen LogP) is 4.18. The minimum Gasteiger partial charge on any atom is -0.465 e. The van der Waals surface area contributed by atoms with Gasteiger partial charge in [-0.05, 0) is 24.2 Å². The lowest BCUT2D eigenvalue weighted by Crippen LogP contribution is -2.21. The minimum absolute atomic E-state index is 0.0489. The van der Waals surface area contributed by atoms with Crippen molar-refractivity contribution in [1.82, 2.24) is 0 Å². The van der Waals surface area contributed by atoms with Gasteiger partial charge in [0, 0.05) is 11.8 Å². The number of esters is 1. The zero-order chi connectivity index (χ0) is 13.2. The van der Waals surface area contributed by atoms with E-state index in [1.165, 1.54) is 38.5 Å². The SMILES string of the molecule is CCC(=O)OC[C@]1(C)C[C@H]1[C@H](C)C1CCCCC1. The van der Waals surface area contributed by atoms with Crippen LogP contribution in [0.15, 0.2) is 0 Å². The van der Waals surface area contributed by atoms with Gasteiger partial charge in [-0.1, -0.05) is 52.9 Å². The molecule has 0 aliphatic heterocycles. The van der Waals surface area contributed by atoms with Gasteiger partial charge >= 0.3 is 5.97 Å². The lowest BCUT2D eigenvalue weighted by Gasteiger charge is -2.29. The smallest absolute Gasteiger partial charge is 0.305 e. The lowest BCUT2D eigenvalue weighted by atomic mass is 9.77. The fourth-order valence-corrected chi connectivity index (χ4v) is 3.77. The quantitative estimate of drug-likeness (QED) is 0.686. The molecule has 0 saturated heterocycles. The Hall–Kier alpha value is -0.530. The first-order valence-electron chi connectivity index (χ1n) is 7.72. The molecule has 0 amide bonds. The van der Waals surface area contributed by atoms with Gasteiger partial charge in [0.25, 0.3) is 0 Å². The van der Waals surface area contributed by atoms with Crippen LogP contribution in [0.4, 0.5) is 0 Å². The Balaban J connectivity index is 1.79. The van der Waals surface area contributed by atoms with Gasteiger partial charge in [0.15, 0.2) is 0 Å². The number of hydrogen-bond donors (Lipinski definition) is 0. The Bertz CT molecular complexity index is 293. The molecule has 2 saturated carbocycles. The molecule has 0 N–H and O–H groups in total. The van der Waals surface area contributed by atoms with Crippen molar-refractivity contribution in [2.24, 2.45) is 23.2 Å². The molecule has 2 heteroatoms. The second-order valence-electron chi connectivity index (χ2n) is 6.74. The summed E-state index contributed by atoms with van der Waals surface area (Å²) in [5.41, 5.74) is 0.279. The van der Waals surface area contributed by atoms with E-state index in [4.69, 9.17) is 4.74 Å². The molecule has 0 aromatic carbocycles. The van der Waals surface area contributed by atoms with Crippen molar-refractivity contribution in [3.63, 3.8) is 0 Å². The molecule has 2 aliphatic carbocycles. The van der Waals surface area contributed by atoms with Crippen LogP contribution in [0.1, 0.15) is 65.7 Å². The van der Waals surface area contributed by atoms with E-state index in [0.717, 1.165) is 17.8 Å². The number of ether oxygens (including phenoxy) is 1. The van der Waals surface area contributed by atoms with Crippen LogP contribution >= 0.6 is 0 Å². The highest BCUT2D eigenvalue weighted by molar-refractivity contribution is 5.68. The summed E-state index contributed by atoms with van der Waals surface area (Å²) in [6.45, 7) is 7.22. The van der Waals surface area contributed by atoms with Crippen molar-refractivity contribution in [2.45, 2.75) is 65.7 Å². The van der Waals surface area contributed by atoms with Crippen LogP contribution < -0.4 is 0 Å². The summed E-state index contributed by atoms with van der Waals surface area (Å²) >= 11 is 0. The van der Waals surface area contributed by atoms with Crippen LogP contribution in [0, 0.1) is 23.2 Å². The molecule has 0 heterocycles. The van der Waals surface area contributed by atoms with Crippen LogP contribution in [0.2, 0.25) is 0 Å². The van der Waals surface area contributed by atoms with Gasteiger partial charge in [-0.15, -0.1) is 0 Å². The average molecular weight is 252 g/mol. The van der Waals surface area contributed by atoms with Crippen molar-refractivity contribution in [3.8, 4) is 0 Å².